The molecular weight excluding hydrogens is 665 g/mol. The molecule has 0 fully saturated rings. The molecule has 1 unspecified atom stereocenters. The Hall–Kier alpha value is -6.16. The van der Waals surface area contributed by atoms with Gasteiger partial charge in [0.05, 0.1) is 11.4 Å². The van der Waals surface area contributed by atoms with Crippen LogP contribution in [0.3, 0.4) is 0 Å². The van der Waals surface area contributed by atoms with Crippen molar-refractivity contribution in [3.63, 3.8) is 0 Å². The van der Waals surface area contributed by atoms with E-state index in [2.05, 4.69) is 20.4 Å². The third-order valence-corrected chi connectivity index (χ3v) is 9.60. The zero-order chi connectivity index (χ0) is 36.8. The summed E-state index contributed by atoms with van der Waals surface area (Å²) >= 11 is 0. The van der Waals surface area contributed by atoms with Gasteiger partial charge in [0.25, 0.3) is 11.8 Å². The fourth-order valence-electron chi connectivity index (χ4n) is 6.84. The molecule has 0 saturated carbocycles. The number of para-hydroxylation sites is 2. The molecule has 4 aromatic carbocycles. The van der Waals surface area contributed by atoms with Crippen molar-refractivity contribution in [1.29, 1.82) is 0 Å². The fourth-order valence-corrected chi connectivity index (χ4v) is 6.84. The largest absolute Gasteiger partial charge is 0.481 e. The maximum atomic E-state index is 13.2. The first-order valence-corrected chi connectivity index (χ1v) is 18.0. The molecule has 2 amide bonds. The van der Waals surface area contributed by atoms with Crippen LogP contribution in [0, 0.1) is 0 Å². The van der Waals surface area contributed by atoms with Gasteiger partial charge in [0.2, 0.25) is 0 Å². The molecule has 1 atom stereocenters. The van der Waals surface area contributed by atoms with Crippen molar-refractivity contribution >= 4 is 11.8 Å². The molecule has 2 aliphatic heterocycles. The molecule has 10 heteroatoms. The molecule has 0 aliphatic carbocycles. The van der Waals surface area contributed by atoms with Crippen LogP contribution in [0.4, 0.5) is 0 Å². The molecule has 2 aromatic heterocycles. The Morgan fingerprint density at radius 1 is 0.642 bits per heavy atom. The second kappa shape index (κ2) is 15.6. The van der Waals surface area contributed by atoms with Crippen LogP contribution in [0.5, 0.6) is 11.5 Å². The number of amides is 2. The van der Waals surface area contributed by atoms with Crippen LogP contribution in [-0.2, 0) is 35.5 Å². The summed E-state index contributed by atoms with van der Waals surface area (Å²) in [6.45, 7) is 7.87. The lowest BCUT2D eigenvalue weighted by Gasteiger charge is -2.34. The van der Waals surface area contributed by atoms with Crippen molar-refractivity contribution in [2.24, 2.45) is 0 Å². The minimum absolute atomic E-state index is 0.000264. The smallest absolute Gasteiger partial charge is 0.266 e. The molecule has 0 radical (unpaired) electrons. The number of carbonyl (C=O) groups excluding carboxylic acids is 2. The van der Waals surface area contributed by atoms with Crippen molar-refractivity contribution < 1.29 is 19.1 Å². The summed E-state index contributed by atoms with van der Waals surface area (Å²) in [6.07, 6.45) is 1.02. The van der Waals surface area contributed by atoms with Crippen molar-refractivity contribution in [1.82, 2.24) is 30.2 Å². The van der Waals surface area contributed by atoms with Crippen LogP contribution in [-0.4, -0.2) is 66.8 Å². The third-order valence-electron chi connectivity index (χ3n) is 9.60. The van der Waals surface area contributed by atoms with Crippen LogP contribution in [0.2, 0.25) is 0 Å². The van der Waals surface area contributed by atoms with Gasteiger partial charge in [-0.05, 0) is 45.0 Å². The van der Waals surface area contributed by atoms with Gasteiger partial charge in [-0.3, -0.25) is 19.8 Å². The van der Waals surface area contributed by atoms with Gasteiger partial charge in [-0.15, -0.1) is 0 Å². The second-order valence-electron chi connectivity index (χ2n) is 13.8. The van der Waals surface area contributed by atoms with E-state index in [1.807, 2.05) is 145 Å². The Balaban J connectivity index is 0.000000164. The number of ether oxygens (including phenoxy) is 2. The van der Waals surface area contributed by atoms with Gasteiger partial charge >= 0.3 is 0 Å². The van der Waals surface area contributed by atoms with E-state index in [9.17, 15) is 9.59 Å². The van der Waals surface area contributed by atoms with Crippen LogP contribution in [0.1, 0.15) is 43.3 Å². The monoisotopic (exact) mass is 708 g/mol. The van der Waals surface area contributed by atoms with Gasteiger partial charge in [-0.25, -0.2) is 0 Å². The third kappa shape index (κ3) is 8.02. The van der Waals surface area contributed by atoms with Gasteiger partial charge in [0.15, 0.2) is 11.7 Å². The summed E-state index contributed by atoms with van der Waals surface area (Å²) in [7, 11) is 0. The van der Waals surface area contributed by atoms with Crippen molar-refractivity contribution in [2.75, 3.05) is 13.1 Å². The SMILES string of the molecule is CC(C)(Oc1ccccc1)C(=O)N1CCc2[nH]nc(-c3ccccc3)c2C1.CC(Oc1ccccc1)C(=O)N1CCc2[nH]nc(-c3ccccc3)c2C1. The lowest BCUT2D eigenvalue weighted by Crippen LogP contribution is -2.50. The molecule has 0 spiro atoms. The lowest BCUT2D eigenvalue weighted by atomic mass is 9.99. The van der Waals surface area contributed by atoms with Crippen molar-refractivity contribution in [2.45, 2.75) is 58.4 Å². The topological polar surface area (TPSA) is 116 Å². The summed E-state index contributed by atoms with van der Waals surface area (Å²) in [5.41, 5.74) is 7.45. The summed E-state index contributed by atoms with van der Waals surface area (Å²) < 4.78 is 11.8. The Morgan fingerprint density at radius 2 is 1.08 bits per heavy atom. The number of benzene rings is 4. The first kappa shape index (κ1) is 35.3. The predicted molar refractivity (Wildman–Crippen MR) is 204 cm³/mol. The van der Waals surface area contributed by atoms with E-state index in [0.29, 0.717) is 37.7 Å². The van der Waals surface area contributed by atoms with Gasteiger partial charge in [0, 0.05) is 72.7 Å². The molecule has 10 nitrogen and oxygen atoms in total. The van der Waals surface area contributed by atoms with E-state index in [0.717, 1.165) is 57.9 Å². The number of rotatable bonds is 8. The average molecular weight is 709 g/mol. The maximum absolute atomic E-state index is 13.2. The molecule has 0 saturated heterocycles. The van der Waals surface area contributed by atoms with E-state index in [1.165, 1.54) is 0 Å². The van der Waals surface area contributed by atoms with Gasteiger partial charge in [-0.1, -0.05) is 97.1 Å². The first-order valence-electron chi connectivity index (χ1n) is 18.0. The molecule has 8 rings (SSSR count). The number of aromatic nitrogens is 4. The standard InChI is InChI=1S/C22H23N3O2.C21H21N3O2/c1-22(2,27-17-11-7-4-8-12-17)21(26)25-14-13-19-18(15-25)20(24-23-19)16-9-5-3-6-10-16;1-15(26-17-10-6-3-7-11-17)21(25)24-13-12-19-18(14-24)20(23-22-19)16-8-4-2-5-9-16/h3-12H,13-15H2,1-2H3,(H,23,24);2-11,15H,12-14H2,1H3,(H,22,23). The fraction of sp³-hybridized carbons (Fsp3) is 0.256. The highest BCUT2D eigenvalue weighted by atomic mass is 16.5. The van der Waals surface area contributed by atoms with Gasteiger partial charge < -0.3 is 19.3 Å². The molecule has 270 valence electrons. The van der Waals surface area contributed by atoms with E-state index in [4.69, 9.17) is 9.47 Å². The van der Waals surface area contributed by atoms with Gasteiger partial charge in [-0.2, -0.15) is 10.2 Å². The minimum atomic E-state index is -0.935. The summed E-state index contributed by atoms with van der Waals surface area (Å²) in [5, 5.41) is 15.3. The summed E-state index contributed by atoms with van der Waals surface area (Å²) in [4.78, 5) is 29.8. The molecular formula is C43H44N6O4. The summed E-state index contributed by atoms with van der Waals surface area (Å²) in [5.74, 6) is 1.39. The van der Waals surface area contributed by atoms with Crippen LogP contribution < -0.4 is 9.47 Å². The highest BCUT2D eigenvalue weighted by Crippen LogP contribution is 2.31. The molecule has 4 heterocycles. The number of nitrogens with zero attached hydrogens (tertiary/aromatic N) is 4. The Bertz CT molecular complexity index is 2130. The molecule has 2 N–H and O–H groups in total. The van der Waals surface area contributed by atoms with Crippen molar-refractivity contribution in [3.8, 4) is 34.0 Å². The minimum Gasteiger partial charge on any atom is -0.481 e. The highest BCUT2D eigenvalue weighted by Gasteiger charge is 2.37. The zero-order valence-corrected chi connectivity index (χ0v) is 30.3. The van der Waals surface area contributed by atoms with Crippen LogP contribution >= 0.6 is 0 Å². The predicted octanol–water partition coefficient (Wildman–Crippen LogP) is 7.25. The number of hydrogen-bond donors (Lipinski definition) is 2. The van der Waals surface area contributed by atoms with E-state index in [1.54, 1.807) is 6.92 Å². The molecule has 0 bridgehead atoms. The maximum Gasteiger partial charge on any atom is 0.266 e. The van der Waals surface area contributed by atoms with E-state index >= 15 is 0 Å². The zero-order valence-electron chi connectivity index (χ0n) is 30.3. The summed E-state index contributed by atoms with van der Waals surface area (Å²) in [6, 6.07) is 39.1. The Kier molecular flexibility index (Phi) is 10.4. The van der Waals surface area contributed by atoms with E-state index < -0.39 is 11.7 Å². The van der Waals surface area contributed by atoms with Crippen LogP contribution in [0.15, 0.2) is 121 Å². The molecule has 6 aromatic rings. The number of fused-ring (bicyclic) bond motifs is 2. The second-order valence-corrected chi connectivity index (χ2v) is 13.8. The Morgan fingerprint density at radius 3 is 1.58 bits per heavy atom. The van der Waals surface area contributed by atoms with Crippen molar-refractivity contribution in [3.05, 3.63) is 144 Å². The number of carbonyl (C=O) groups is 2. The quantitative estimate of drug-likeness (QED) is 0.172. The normalized spacial score (nSPS) is 14.2. The lowest BCUT2D eigenvalue weighted by molar-refractivity contribution is -0.146. The number of nitrogens with one attached hydrogen (secondary N) is 2. The van der Waals surface area contributed by atoms with Crippen LogP contribution in [0.25, 0.3) is 22.5 Å². The first-order chi connectivity index (χ1) is 25.8. The average Bonchev–Trinajstić information content (AvgIpc) is 3.83. The Labute approximate surface area is 309 Å². The van der Waals surface area contributed by atoms with E-state index in [-0.39, 0.29) is 11.8 Å². The number of aromatic amines is 2. The number of H-pyrrole nitrogens is 2. The number of hydrogen-bond acceptors (Lipinski definition) is 6. The molecule has 53 heavy (non-hydrogen) atoms. The highest BCUT2D eigenvalue weighted by molar-refractivity contribution is 5.85. The molecule has 2 aliphatic rings. The van der Waals surface area contributed by atoms with Gasteiger partial charge in [0.1, 0.15) is 11.5 Å².